The molecule has 0 atom stereocenters. The zero-order valence-electron chi connectivity index (χ0n) is 11.4. The minimum Gasteiger partial charge on any atom is -0.369 e. The van der Waals surface area contributed by atoms with Crippen LogP contribution in [0.4, 0.5) is 18.9 Å². The summed E-state index contributed by atoms with van der Waals surface area (Å²) in [6.07, 6.45) is -4.35. The molecular formula is C16H13F3N2. The molecule has 2 aromatic carbocycles. The Bertz CT molecular complexity index is 672. The van der Waals surface area contributed by atoms with Crippen molar-refractivity contribution in [3.05, 3.63) is 65.2 Å². The lowest BCUT2D eigenvalue weighted by Gasteiger charge is -2.21. The average molecular weight is 290 g/mol. The van der Waals surface area contributed by atoms with E-state index in [1.807, 2.05) is 0 Å². The summed E-state index contributed by atoms with van der Waals surface area (Å²) in [6, 6.07) is 14.3. The van der Waals surface area contributed by atoms with Gasteiger partial charge in [-0.2, -0.15) is 18.4 Å². The van der Waals surface area contributed by atoms with Crippen LogP contribution >= 0.6 is 0 Å². The molecule has 0 bridgehead atoms. The normalized spacial score (nSPS) is 11.0. The van der Waals surface area contributed by atoms with Gasteiger partial charge >= 0.3 is 6.18 Å². The van der Waals surface area contributed by atoms with Gasteiger partial charge in [0.2, 0.25) is 0 Å². The third kappa shape index (κ3) is 3.54. The number of para-hydroxylation sites is 1. The number of hydrogen-bond acceptors (Lipinski definition) is 2. The summed E-state index contributed by atoms with van der Waals surface area (Å²) in [5.41, 5.74) is 1.06. The molecule has 0 heterocycles. The molecule has 0 fully saturated rings. The Morgan fingerprint density at radius 2 is 1.81 bits per heavy atom. The van der Waals surface area contributed by atoms with E-state index >= 15 is 0 Å². The van der Waals surface area contributed by atoms with E-state index in [4.69, 9.17) is 5.26 Å². The van der Waals surface area contributed by atoms with Crippen molar-refractivity contribution in [3.63, 3.8) is 0 Å². The second-order valence-electron chi connectivity index (χ2n) is 4.68. The Morgan fingerprint density at radius 3 is 2.48 bits per heavy atom. The molecule has 0 unspecified atom stereocenters. The van der Waals surface area contributed by atoms with Gasteiger partial charge in [-0.3, -0.25) is 0 Å². The Kier molecular flexibility index (Phi) is 4.18. The molecule has 0 N–H and O–H groups in total. The molecule has 2 nitrogen and oxygen atoms in total. The predicted octanol–water partition coefficient (Wildman–Crippen LogP) is 4.21. The van der Waals surface area contributed by atoms with Gasteiger partial charge < -0.3 is 4.90 Å². The van der Waals surface area contributed by atoms with Gasteiger partial charge in [0.1, 0.15) is 6.07 Å². The van der Waals surface area contributed by atoms with E-state index in [1.165, 1.54) is 6.07 Å². The molecule has 108 valence electrons. The van der Waals surface area contributed by atoms with Crippen LogP contribution in [0.25, 0.3) is 0 Å². The van der Waals surface area contributed by atoms with E-state index in [0.717, 1.165) is 12.1 Å². The quantitative estimate of drug-likeness (QED) is 0.846. The smallest absolute Gasteiger partial charge is 0.369 e. The summed E-state index contributed by atoms with van der Waals surface area (Å²) in [4.78, 5) is 1.76. The number of nitriles is 1. The molecule has 0 aliphatic carbocycles. The van der Waals surface area contributed by atoms with Crippen molar-refractivity contribution < 1.29 is 13.2 Å². The molecule has 2 aromatic rings. The van der Waals surface area contributed by atoms with Gasteiger partial charge in [0.05, 0.1) is 16.8 Å². The van der Waals surface area contributed by atoms with Gasteiger partial charge in [0.15, 0.2) is 0 Å². The first-order chi connectivity index (χ1) is 9.91. The molecule has 2 rings (SSSR count). The number of halogens is 3. The zero-order chi connectivity index (χ0) is 15.5. The number of rotatable bonds is 3. The molecule has 0 aromatic heterocycles. The fraction of sp³-hybridized carbons (Fsp3) is 0.188. The monoisotopic (exact) mass is 290 g/mol. The van der Waals surface area contributed by atoms with E-state index in [1.54, 1.807) is 42.3 Å². The highest BCUT2D eigenvalue weighted by Gasteiger charge is 2.30. The van der Waals surface area contributed by atoms with Crippen molar-refractivity contribution in [3.8, 4) is 6.07 Å². The van der Waals surface area contributed by atoms with E-state index in [0.29, 0.717) is 23.4 Å². The summed E-state index contributed by atoms with van der Waals surface area (Å²) in [5, 5.41) is 9.06. The lowest BCUT2D eigenvalue weighted by Crippen LogP contribution is -2.18. The maximum absolute atomic E-state index is 12.7. The number of benzene rings is 2. The standard InChI is InChI=1S/C16H13F3N2/c1-21(15-8-3-2-6-13(15)10-20)11-12-5-4-7-14(9-12)16(17,18)19/h2-9H,11H2,1H3. The second kappa shape index (κ2) is 5.88. The fourth-order valence-electron chi connectivity index (χ4n) is 2.11. The topological polar surface area (TPSA) is 27.0 Å². The minimum atomic E-state index is -4.35. The maximum atomic E-state index is 12.7. The molecular weight excluding hydrogens is 277 g/mol. The predicted molar refractivity (Wildman–Crippen MR) is 74.7 cm³/mol. The minimum absolute atomic E-state index is 0.294. The highest BCUT2D eigenvalue weighted by molar-refractivity contribution is 5.58. The molecule has 0 aliphatic heterocycles. The van der Waals surface area contributed by atoms with Crippen LogP contribution in [-0.2, 0) is 12.7 Å². The number of nitrogens with zero attached hydrogens (tertiary/aromatic N) is 2. The third-order valence-electron chi connectivity index (χ3n) is 3.11. The van der Waals surface area contributed by atoms with E-state index in [9.17, 15) is 13.2 Å². The summed E-state index contributed by atoms with van der Waals surface area (Å²) >= 11 is 0. The van der Waals surface area contributed by atoms with Crippen LogP contribution in [-0.4, -0.2) is 7.05 Å². The number of alkyl halides is 3. The number of hydrogen-bond donors (Lipinski definition) is 0. The Hall–Kier alpha value is -2.48. The Labute approximate surface area is 121 Å². The second-order valence-corrected chi connectivity index (χ2v) is 4.68. The molecule has 0 aliphatic rings. The Morgan fingerprint density at radius 1 is 1.10 bits per heavy atom. The van der Waals surface area contributed by atoms with Crippen molar-refractivity contribution >= 4 is 5.69 Å². The van der Waals surface area contributed by atoms with Crippen LogP contribution in [0.3, 0.4) is 0 Å². The van der Waals surface area contributed by atoms with Gasteiger partial charge in [-0.15, -0.1) is 0 Å². The van der Waals surface area contributed by atoms with Crippen molar-refractivity contribution in [1.29, 1.82) is 5.26 Å². The van der Waals surface area contributed by atoms with Gasteiger partial charge in [0, 0.05) is 13.6 Å². The van der Waals surface area contributed by atoms with Gasteiger partial charge in [0.25, 0.3) is 0 Å². The van der Waals surface area contributed by atoms with E-state index in [-0.39, 0.29) is 0 Å². The Balaban J connectivity index is 2.24. The molecule has 0 amide bonds. The first-order valence-corrected chi connectivity index (χ1v) is 6.28. The van der Waals surface area contributed by atoms with Crippen LogP contribution < -0.4 is 4.90 Å². The van der Waals surface area contributed by atoms with Crippen LogP contribution in [0, 0.1) is 11.3 Å². The van der Waals surface area contributed by atoms with Gasteiger partial charge in [-0.05, 0) is 29.8 Å². The van der Waals surface area contributed by atoms with E-state index in [2.05, 4.69) is 6.07 Å². The fourth-order valence-corrected chi connectivity index (χ4v) is 2.11. The van der Waals surface area contributed by atoms with Crippen LogP contribution in [0.2, 0.25) is 0 Å². The van der Waals surface area contributed by atoms with Gasteiger partial charge in [-0.1, -0.05) is 24.3 Å². The zero-order valence-corrected chi connectivity index (χ0v) is 11.4. The first-order valence-electron chi connectivity index (χ1n) is 6.28. The average Bonchev–Trinajstić information content (AvgIpc) is 2.46. The molecule has 21 heavy (non-hydrogen) atoms. The summed E-state index contributed by atoms with van der Waals surface area (Å²) < 4.78 is 38.1. The molecule has 0 saturated carbocycles. The van der Waals surface area contributed by atoms with Crippen molar-refractivity contribution in [2.75, 3.05) is 11.9 Å². The van der Waals surface area contributed by atoms with Crippen molar-refractivity contribution in [2.45, 2.75) is 12.7 Å². The van der Waals surface area contributed by atoms with Crippen molar-refractivity contribution in [1.82, 2.24) is 0 Å². The molecule has 0 radical (unpaired) electrons. The van der Waals surface area contributed by atoms with Crippen molar-refractivity contribution in [2.24, 2.45) is 0 Å². The third-order valence-corrected chi connectivity index (χ3v) is 3.11. The van der Waals surface area contributed by atoms with Gasteiger partial charge in [-0.25, -0.2) is 0 Å². The molecule has 5 heteroatoms. The lowest BCUT2D eigenvalue weighted by atomic mass is 10.1. The van der Waals surface area contributed by atoms with Crippen LogP contribution in [0.15, 0.2) is 48.5 Å². The highest BCUT2D eigenvalue weighted by Crippen LogP contribution is 2.30. The van der Waals surface area contributed by atoms with E-state index < -0.39 is 11.7 Å². The highest BCUT2D eigenvalue weighted by atomic mass is 19.4. The SMILES string of the molecule is CN(Cc1cccc(C(F)(F)F)c1)c1ccccc1C#N. The summed E-state index contributed by atoms with van der Waals surface area (Å²) in [7, 11) is 1.75. The molecule has 0 spiro atoms. The number of anilines is 1. The first kappa shape index (κ1) is 14.9. The summed E-state index contributed by atoms with van der Waals surface area (Å²) in [6.45, 7) is 0.294. The maximum Gasteiger partial charge on any atom is 0.416 e. The largest absolute Gasteiger partial charge is 0.416 e. The van der Waals surface area contributed by atoms with Crippen LogP contribution in [0.1, 0.15) is 16.7 Å². The molecule has 0 saturated heterocycles. The summed E-state index contributed by atoms with van der Waals surface area (Å²) in [5.74, 6) is 0. The van der Waals surface area contributed by atoms with Crippen LogP contribution in [0.5, 0.6) is 0 Å². The lowest BCUT2D eigenvalue weighted by molar-refractivity contribution is -0.137.